The zero-order chi connectivity index (χ0) is 13.3. The van der Waals surface area contributed by atoms with E-state index in [1.165, 1.54) is 11.3 Å². The number of carbonyl (C=O) groups is 1. The fraction of sp³-hybridized carbons (Fsp3) is 0.167. The minimum absolute atomic E-state index is 0.0753. The summed E-state index contributed by atoms with van der Waals surface area (Å²) in [4.78, 5) is 15.6. The van der Waals surface area contributed by atoms with Crippen LogP contribution in [0.4, 0.5) is 10.8 Å². The summed E-state index contributed by atoms with van der Waals surface area (Å²) in [7, 11) is 0. The van der Waals surface area contributed by atoms with Gasteiger partial charge in [-0.05, 0) is 31.5 Å². The number of anilines is 2. The van der Waals surface area contributed by atoms with Crippen molar-refractivity contribution >= 4 is 39.7 Å². The summed E-state index contributed by atoms with van der Waals surface area (Å²) in [6.45, 7) is 3.68. The van der Waals surface area contributed by atoms with E-state index < -0.39 is 5.97 Å². The molecule has 0 bridgehead atoms. The van der Waals surface area contributed by atoms with E-state index in [-0.39, 0.29) is 5.69 Å². The minimum Gasteiger partial charge on any atom is -0.476 e. The van der Waals surface area contributed by atoms with E-state index in [2.05, 4.69) is 10.3 Å². The van der Waals surface area contributed by atoms with Gasteiger partial charge >= 0.3 is 5.97 Å². The maximum Gasteiger partial charge on any atom is 0.355 e. The molecule has 0 unspecified atom stereocenters. The van der Waals surface area contributed by atoms with Crippen molar-refractivity contribution in [1.82, 2.24) is 4.98 Å². The highest BCUT2D eigenvalue weighted by Crippen LogP contribution is 2.30. The molecule has 94 valence electrons. The van der Waals surface area contributed by atoms with Gasteiger partial charge in [0.1, 0.15) is 0 Å². The third-order valence-corrected chi connectivity index (χ3v) is 3.58. The summed E-state index contributed by atoms with van der Waals surface area (Å²) < 4.78 is 0. The van der Waals surface area contributed by atoms with Gasteiger partial charge in [0.2, 0.25) is 0 Å². The van der Waals surface area contributed by atoms with E-state index in [1.54, 1.807) is 13.0 Å². The van der Waals surface area contributed by atoms with Crippen LogP contribution in [0.1, 0.15) is 20.9 Å². The Bertz CT molecular complexity index is 610. The molecule has 0 aliphatic carbocycles. The molecule has 0 radical (unpaired) electrons. The van der Waals surface area contributed by atoms with Crippen molar-refractivity contribution in [2.24, 2.45) is 0 Å². The number of halogens is 1. The molecule has 6 heteroatoms. The lowest BCUT2D eigenvalue weighted by molar-refractivity contribution is 0.0690. The molecule has 0 saturated carbocycles. The lowest BCUT2D eigenvalue weighted by Gasteiger charge is -2.05. The number of hydrogen-bond donors (Lipinski definition) is 2. The van der Waals surface area contributed by atoms with Crippen LogP contribution in [-0.4, -0.2) is 16.1 Å². The van der Waals surface area contributed by atoms with Crippen LogP contribution in [-0.2, 0) is 0 Å². The van der Waals surface area contributed by atoms with Crippen LogP contribution < -0.4 is 5.32 Å². The van der Waals surface area contributed by atoms with Crippen LogP contribution in [0.15, 0.2) is 18.2 Å². The number of benzene rings is 1. The summed E-state index contributed by atoms with van der Waals surface area (Å²) >= 11 is 7.34. The van der Waals surface area contributed by atoms with Crippen molar-refractivity contribution in [2.45, 2.75) is 13.8 Å². The first-order valence-corrected chi connectivity index (χ1v) is 6.40. The largest absolute Gasteiger partial charge is 0.476 e. The molecule has 0 fully saturated rings. The molecule has 1 aromatic heterocycles. The normalized spacial score (nSPS) is 10.4. The van der Waals surface area contributed by atoms with Crippen molar-refractivity contribution in [1.29, 1.82) is 0 Å². The number of nitrogens with one attached hydrogen (secondary N) is 1. The van der Waals surface area contributed by atoms with Gasteiger partial charge in [-0.15, -0.1) is 11.3 Å². The molecule has 0 saturated heterocycles. The molecule has 2 rings (SSSR count). The number of carboxylic acid groups (broad SMARTS) is 1. The Kier molecular flexibility index (Phi) is 3.54. The predicted molar refractivity (Wildman–Crippen MR) is 73.3 cm³/mol. The number of rotatable bonds is 3. The van der Waals surface area contributed by atoms with Crippen LogP contribution in [0.5, 0.6) is 0 Å². The van der Waals surface area contributed by atoms with Crippen LogP contribution in [0.3, 0.4) is 0 Å². The van der Waals surface area contributed by atoms with Gasteiger partial charge in [0.15, 0.2) is 10.8 Å². The van der Waals surface area contributed by atoms with Crippen molar-refractivity contribution in [3.05, 3.63) is 39.4 Å². The maximum absolute atomic E-state index is 10.9. The summed E-state index contributed by atoms with van der Waals surface area (Å²) in [5.41, 5.74) is 1.86. The van der Waals surface area contributed by atoms with Crippen molar-refractivity contribution in [3.8, 4) is 0 Å². The molecule has 0 aliphatic heterocycles. The van der Waals surface area contributed by atoms with Gasteiger partial charge in [-0.2, -0.15) is 0 Å². The maximum atomic E-state index is 10.9. The summed E-state index contributed by atoms with van der Waals surface area (Å²) in [6, 6.07) is 5.58. The second-order valence-electron chi connectivity index (χ2n) is 3.84. The number of aromatic nitrogens is 1. The minimum atomic E-state index is -1.02. The molecule has 2 aromatic rings. The van der Waals surface area contributed by atoms with Gasteiger partial charge in [-0.3, -0.25) is 0 Å². The van der Waals surface area contributed by atoms with Crippen LogP contribution >= 0.6 is 22.9 Å². The average Bonchev–Trinajstić information content (AvgIpc) is 2.65. The Morgan fingerprint density at radius 1 is 1.44 bits per heavy atom. The van der Waals surface area contributed by atoms with E-state index >= 15 is 0 Å². The zero-order valence-electron chi connectivity index (χ0n) is 9.82. The lowest BCUT2D eigenvalue weighted by Crippen LogP contribution is -1.99. The van der Waals surface area contributed by atoms with Gasteiger partial charge in [0.05, 0.1) is 10.7 Å². The van der Waals surface area contributed by atoms with Crippen LogP contribution in [0, 0.1) is 13.8 Å². The Morgan fingerprint density at radius 2 is 2.17 bits per heavy atom. The molecule has 0 atom stereocenters. The van der Waals surface area contributed by atoms with Gasteiger partial charge in [-0.1, -0.05) is 17.7 Å². The highest BCUT2D eigenvalue weighted by Gasteiger charge is 2.14. The highest BCUT2D eigenvalue weighted by atomic mass is 35.5. The summed E-state index contributed by atoms with van der Waals surface area (Å²) in [6.07, 6.45) is 0. The fourth-order valence-electron chi connectivity index (χ4n) is 1.50. The molecule has 0 spiro atoms. The Hall–Kier alpha value is -1.59. The number of carboxylic acids is 1. The van der Waals surface area contributed by atoms with Gasteiger partial charge in [0, 0.05) is 4.88 Å². The lowest BCUT2D eigenvalue weighted by atomic mass is 10.2. The number of thiazole rings is 1. The van der Waals surface area contributed by atoms with Crippen molar-refractivity contribution < 1.29 is 9.90 Å². The molecular weight excluding hydrogens is 272 g/mol. The van der Waals surface area contributed by atoms with Gasteiger partial charge in [0.25, 0.3) is 0 Å². The quantitative estimate of drug-likeness (QED) is 0.897. The third kappa shape index (κ3) is 2.63. The summed E-state index contributed by atoms with van der Waals surface area (Å²) in [5, 5.41) is 13.1. The van der Waals surface area contributed by atoms with E-state index in [1.807, 2.05) is 19.1 Å². The molecule has 1 heterocycles. The topological polar surface area (TPSA) is 62.2 Å². The van der Waals surface area contributed by atoms with Crippen molar-refractivity contribution in [2.75, 3.05) is 5.32 Å². The monoisotopic (exact) mass is 282 g/mol. The van der Waals surface area contributed by atoms with E-state index in [0.29, 0.717) is 15.0 Å². The third-order valence-electron chi connectivity index (χ3n) is 2.36. The van der Waals surface area contributed by atoms with Crippen LogP contribution in [0.2, 0.25) is 5.02 Å². The van der Waals surface area contributed by atoms with E-state index in [0.717, 1.165) is 11.3 Å². The van der Waals surface area contributed by atoms with E-state index in [9.17, 15) is 4.79 Å². The SMILES string of the molecule is Cc1ccc(Cl)c(Nc2nc(C(=O)O)c(C)s2)c1. The Labute approximate surface area is 113 Å². The first-order valence-electron chi connectivity index (χ1n) is 5.21. The predicted octanol–water partition coefficient (Wildman–Crippen LogP) is 3.86. The number of nitrogens with zero attached hydrogens (tertiary/aromatic N) is 1. The number of aromatic carboxylic acids is 1. The van der Waals surface area contributed by atoms with Gasteiger partial charge < -0.3 is 10.4 Å². The fourth-order valence-corrected chi connectivity index (χ4v) is 2.48. The highest BCUT2D eigenvalue weighted by molar-refractivity contribution is 7.15. The smallest absolute Gasteiger partial charge is 0.355 e. The standard InChI is InChI=1S/C12H11ClN2O2S/c1-6-3-4-8(13)9(5-6)14-12-15-10(11(16)17)7(2)18-12/h3-5H,1-2H3,(H,14,15)(H,16,17). The average molecular weight is 283 g/mol. The first kappa shape index (κ1) is 12.9. The molecule has 0 amide bonds. The van der Waals surface area contributed by atoms with Gasteiger partial charge in [-0.25, -0.2) is 9.78 Å². The molecule has 0 aliphatic rings. The molecule has 18 heavy (non-hydrogen) atoms. The summed E-state index contributed by atoms with van der Waals surface area (Å²) in [5.74, 6) is -1.02. The molecular formula is C12H11ClN2O2S. The second-order valence-corrected chi connectivity index (χ2v) is 5.45. The number of hydrogen-bond acceptors (Lipinski definition) is 4. The number of aryl methyl sites for hydroxylation is 2. The van der Waals surface area contributed by atoms with Crippen molar-refractivity contribution in [3.63, 3.8) is 0 Å². The second kappa shape index (κ2) is 4.96. The molecule has 2 N–H and O–H groups in total. The Balaban J connectivity index is 2.31. The van der Waals surface area contributed by atoms with E-state index in [4.69, 9.17) is 16.7 Å². The zero-order valence-corrected chi connectivity index (χ0v) is 11.4. The first-order chi connectivity index (χ1) is 8.47. The molecule has 1 aromatic carbocycles. The molecule has 4 nitrogen and oxygen atoms in total. The van der Waals surface area contributed by atoms with Crippen LogP contribution in [0.25, 0.3) is 0 Å². The Morgan fingerprint density at radius 3 is 2.78 bits per heavy atom.